The number of halogens is 1. The first kappa shape index (κ1) is 12.4. The maximum Gasteiger partial charge on any atom is 0.220 e. The first-order valence-electron chi connectivity index (χ1n) is 6.19. The molecule has 0 amide bonds. The zero-order valence-corrected chi connectivity index (χ0v) is 11.0. The van der Waals surface area contributed by atoms with Crippen LogP contribution in [0.15, 0.2) is 16.8 Å². The topological polar surface area (TPSA) is 89.9 Å². The molecular weight excluding hydrogens is 266 g/mol. The Bertz CT molecular complexity index is 579. The number of nitrogens with two attached hydrogens (primary N) is 1. The van der Waals surface area contributed by atoms with Crippen molar-refractivity contribution in [3.63, 3.8) is 0 Å². The van der Waals surface area contributed by atoms with E-state index in [0.717, 1.165) is 31.8 Å². The van der Waals surface area contributed by atoms with Crippen molar-refractivity contribution < 1.29 is 4.42 Å². The second kappa shape index (κ2) is 5.14. The van der Waals surface area contributed by atoms with Gasteiger partial charge >= 0.3 is 0 Å². The summed E-state index contributed by atoms with van der Waals surface area (Å²) in [5.41, 5.74) is 6.05. The lowest BCUT2D eigenvalue weighted by Crippen LogP contribution is -2.26. The number of nitrogens with zero attached hydrogens (tertiary/aromatic N) is 3. The highest BCUT2D eigenvalue weighted by Crippen LogP contribution is 2.30. The molecule has 0 spiro atoms. The molecule has 0 bridgehead atoms. The van der Waals surface area contributed by atoms with E-state index in [2.05, 4.69) is 20.3 Å². The smallest absolute Gasteiger partial charge is 0.220 e. The summed E-state index contributed by atoms with van der Waals surface area (Å²) < 4.78 is 5.78. The van der Waals surface area contributed by atoms with Gasteiger partial charge in [0.25, 0.3) is 0 Å². The third kappa shape index (κ3) is 2.54. The number of hydrogen-bond donors (Lipinski definition) is 2. The summed E-state index contributed by atoms with van der Waals surface area (Å²) >= 11 is 6.05. The molecule has 1 aliphatic rings. The molecule has 1 saturated heterocycles. The van der Waals surface area contributed by atoms with Gasteiger partial charge in [-0.2, -0.15) is 0 Å². The van der Waals surface area contributed by atoms with E-state index < -0.39 is 0 Å². The molecule has 19 heavy (non-hydrogen) atoms. The Morgan fingerprint density at radius 3 is 2.84 bits per heavy atom. The predicted octanol–water partition coefficient (Wildman–Crippen LogP) is 1.83. The van der Waals surface area contributed by atoms with Crippen molar-refractivity contribution in [1.29, 1.82) is 0 Å². The number of piperidine rings is 1. The minimum Gasteiger partial charge on any atom is -0.439 e. The van der Waals surface area contributed by atoms with E-state index in [0.29, 0.717) is 22.4 Å². The van der Waals surface area contributed by atoms with Crippen LogP contribution in [0.25, 0.3) is 11.5 Å². The van der Waals surface area contributed by atoms with Gasteiger partial charge < -0.3 is 15.5 Å². The van der Waals surface area contributed by atoms with Gasteiger partial charge in [-0.25, -0.2) is 15.0 Å². The number of oxazole rings is 1. The van der Waals surface area contributed by atoms with E-state index in [-0.39, 0.29) is 5.95 Å². The molecule has 0 aromatic carbocycles. The maximum absolute atomic E-state index is 6.05. The number of rotatable bonds is 2. The molecule has 6 nitrogen and oxygen atoms in total. The zero-order valence-electron chi connectivity index (χ0n) is 10.3. The first-order chi connectivity index (χ1) is 9.24. The van der Waals surface area contributed by atoms with Crippen molar-refractivity contribution in [2.75, 3.05) is 18.8 Å². The van der Waals surface area contributed by atoms with Crippen LogP contribution in [0.2, 0.25) is 5.02 Å². The average molecular weight is 280 g/mol. The van der Waals surface area contributed by atoms with E-state index in [1.807, 2.05) is 0 Å². The van der Waals surface area contributed by atoms with Crippen LogP contribution in [0.1, 0.15) is 24.7 Å². The van der Waals surface area contributed by atoms with Crippen molar-refractivity contribution in [2.24, 2.45) is 0 Å². The Balaban J connectivity index is 1.89. The Morgan fingerprint density at radius 2 is 2.05 bits per heavy atom. The van der Waals surface area contributed by atoms with E-state index in [9.17, 15) is 0 Å². The van der Waals surface area contributed by atoms with Gasteiger partial charge in [0, 0.05) is 5.92 Å². The summed E-state index contributed by atoms with van der Waals surface area (Å²) in [5.74, 6) is 1.80. The van der Waals surface area contributed by atoms with Gasteiger partial charge in [0.1, 0.15) is 5.69 Å². The van der Waals surface area contributed by atoms with Crippen molar-refractivity contribution in [2.45, 2.75) is 18.8 Å². The second-order valence-electron chi connectivity index (χ2n) is 4.51. The van der Waals surface area contributed by atoms with Gasteiger partial charge in [-0.3, -0.25) is 0 Å². The van der Waals surface area contributed by atoms with Crippen molar-refractivity contribution in [3.05, 3.63) is 23.3 Å². The third-order valence-electron chi connectivity index (χ3n) is 3.21. The third-order valence-corrected chi connectivity index (χ3v) is 3.48. The summed E-state index contributed by atoms with van der Waals surface area (Å²) in [5, 5.41) is 3.72. The molecule has 0 unspecified atom stereocenters. The fourth-order valence-electron chi connectivity index (χ4n) is 2.21. The summed E-state index contributed by atoms with van der Waals surface area (Å²) in [6, 6.07) is 0. The SMILES string of the molecule is Nc1ncc(Cl)c(-c2cnc(C3CCNCC3)o2)n1. The van der Waals surface area contributed by atoms with E-state index in [1.165, 1.54) is 6.20 Å². The molecule has 0 saturated carbocycles. The predicted molar refractivity (Wildman–Crippen MR) is 71.8 cm³/mol. The van der Waals surface area contributed by atoms with Gasteiger partial charge in [-0.05, 0) is 25.9 Å². The Labute approximate surface area is 115 Å². The molecule has 0 radical (unpaired) electrons. The maximum atomic E-state index is 6.05. The molecule has 0 aliphatic carbocycles. The quantitative estimate of drug-likeness (QED) is 0.872. The van der Waals surface area contributed by atoms with E-state index >= 15 is 0 Å². The van der Waals surface area contributed by atoms with Crippen LogP contribution in [0.3, 0.4) is 0 Å². The fourth-order valence-corrected chi connectivity index (χ4v) is 2.39. The number of nitrogen functional groups attached to an aromatic ring is 1. The largest absolute Gasteiger partial charge is 0.439 e. The molecule has 100 valence electrons. The van der Waals surface area contributed by atoms with Crippen LogP contribution in [-0.4, -0.2) is 28.0 Å². The molecule has 1 aliphatic heterocycles. The highest BCUT2D eigenvalue weighted by atomic mass is 35.5. The lowest BCUT2D eigenvalue weighted by molar-refractivity contribution is 0.378. The number of nitrogens with one attached hydrogen (secondary N) is 1. The van der Waals surface area contributed by atoms with E-state index in [1.54, 1.807) is 6.20 Å². The Hall–Kier alpha value is -1.66. The standard InChI is InChI=1S/C12H14ClN5O/c13-8-5-17-12(14)18-10(8)9-6-16-11(19-9)7-1-3-15-4-2-7/h5-7,15H,1-4H2,(H2,14,17,18). The molecule has 7 heteroatoms. The average Bonchev–Trinajstić information content (AvgIpc) is 2.92. The summed E-state index contributed by atoms with van der Waals surface area (Å²) in [7, 11) is 0. The first-order valence-corrected chi connectivity index (χ1v) is 6.56. The minimum absolute atomic E-state index is 0.166. The van der Waals surface area contributed by atoms with Crippen LogP contribution in [0, 0.1) is 0 Å². The van der Waals surface area contributed by atoms with Crippen molar-refractivity contribution >= 4 is 17.5 Å². The van der Waals surface area contributed by atoms with Gasteiger partial charge in [0.2, 0.25) is 5.95 Å². The molecule has 2 aromatic heterocycles. The lowest BCUT2D eigenvalue weighted by atomic mass is 9.98. The highest BCUT2D eigenvalue weighted by Gasteiger charge is 2.21. The van der Waals surface area contributed by atoms with Crippen LogP contribution in [-0.2, 0) is 0 Å². The van der Waals surface area contributed by atoms with Crippen molar-refractivity contribution in [3.8, 4) is 11.5 Å². The highest BCUT2D eigenvalue weighted by molar-refractivity contribution is 6.32. The fraction of sp³-hybridized carbons (Fsp3) is 0.417. The number of anilines is 1. The molecule has 0 atom stereocenters. The van der Waals surface area contributed by atoms with Gasteiger partial charge in [-0.15, -0.1) is 0 Å². The lowest BCUT2D eigenvalue weighted by Gasteiger charge is -2.19. The molecule has 3 N–H and O–H groups in total. The van der Waals surface area contributed by atoms with Crippen LogP contribution >= 0.6 is 11.6 Å². The molecular formula is C12H14ClN5O. The molecule has 3 heterocycles. The van der Waals surface area contributed by atoms with Gasteiger partial charge in [0.15, 0.2) is 11.7 Å². The van der Waals surface area contributed by atoms with Gasteiger partial charge in [-0.1, -0.05) is 11.6 Å². The Morgan fingerprint density at radius 1 is 1.26 bits per heavy atom. The van der Waals surface area contributed by atoms with Gasteiger partial charge in [0.05, 0.1) is 17.4 Å². The molecule has 2 aromatic rings. The zero-order chi connectivity index (χ0) is 13.2. The van der Waals surface area contributed by atoms with Crippen LogP contribution < -0.4 is 11.1 Å². The summed E-state index contributed by atoms with van der Waals surface area (Å²) in [6.45, 7) is 1.98. The number of hydrogen-bond acceptors (Lipinski definition) is 6. The molecule has 1 fully saturated rings. The summed E-state index contributed by atoms with van der Waals surface area (Å²) in [6.07, 6.45) is 5.16. The van der Waals surface area contributed by atoms with Crippen LogP contribution in [0.4, 0.5) is 5.95 Å². The monoisotopic (exact) mass is 279 g/mol. The minimum atomic E-state index is 0.166. The van der Waals surface area contributed by atoms with Crippen molar-refractivity contribution in [1.82, 2.24) is 20.3 Å². The van der Waals surface area contributed by atoms with E-state index in [4.69, 9.17) is 21.8 Å². The normalized spacial score (nSPS) is 16.7. The summed E-state index contributed by atoms with van der Waals surface area (Å²) in [4.78, 5) is 12.2. The number of aromatic nitrogens is 3. The second-order valence-corrected chi connectivity index (χ2v) is 4.92. The Kier molecular flexibility index (Phi) is 3.35. The van der Waals surface area contributed by atoms with Crippen LogP contribution in [0.5, 0.6) is 0 Å². The molecule has 3 rings (SSSR count).